The molecule has 0 unspecified atom stereocenters. The third kappa shape index (κ3) is 2.47. The number of pyridine rings is 1. The summed E-state index contributed by atoms with van der Waals surface area (Å²) in [5, 5.41) is 0. The molecule has 0 radical (unpaired) electrons. The minimum absolute atomic E-state index is 0.00299. The second-order valence-corrected chi connectivity index (χ2v) is 3.55. The normalized spacial score (nSPS) is 11.6. The van der Waals surface area contributed by atoms with Crippen LogP contribution in [0.5, 0.6) is 0 Å². The maximum absolute atomic E-state index is 13.0. The molecule has 0 N–H and O–H groups in total. The summed E-state index contributed by atoms with van der Waals surface area (Å²) < 4.78 is 63.4. The van der Waals surface area contributed by atoms with Crippen molar-refractivity contribution in [2.24, 2.45) is 0 Å². The van der Waals surface area contributed by atoms with Crippen molar-refractivity contribution in [1.82, 2.24) is 4.98 Å². The molecule has 0 saturated heterocycles. The van der Waals surface area contributed by atoms with Crippen LogP contribution < -0.4 is 0 Å². The monoisotopic (exact) mass is 259 g/mol. The Labute approximate surface area is 98.9 Å². The quantitative estimate of drug-likeness (QED) is 0.704. The lowest BCUT2D eigenvalue weighted by molar-refractivity contribution is -0.139. The van der Waals surface area contributed by atoms with Crippen LogP contribution in [0.25, 0.3) is 11.3 Å². The van der Waals surface area contributed by atoms with Gasteiger partial charge < -0.3 is 0 Å². The lowest BCUT2D eigenvalue weighted by Gasteiger charge is -2.09. The minimum Gasteiger partial charge on any atom is -0.256 e. The van der Waals surface area contributed by atoms with Crippen LogP contribution in [0.3, 0.4) is 0 Å². The Morgan fingerprint density at radius 3 is 2.28 bits per heavy atom. The van der Waals surface area contributed by atoms with Gasteiger partial charge in [0.15, 0.2) is 0 Å². The molecule has 1 aromatic carbocycles. The maximum atomic E-state index is 13.0. The minimum atomic E-state index is -4.80. The molecule has 0 saturated carbocycles. The zero-order chi connectivity index (χ0) is 13.3. The molecule has 0 aliphatic carbocycles. The van der Waals surface area contributed by atoms with Crippen LogP contribution in [0, 0.1) is 11.6 Å². The number of hydrogen-bond donors (Lipinski definition) is 0. The summed E-state index contributed by atoms with van der Waals surface area (Å²) in [6.07, 6.45) is -3.67. The lowest BCUT2D eigenvalue weighted by Crippen LogP contribution is -2.08. The summed E-state index contributed by atoms with van der Waals surface area (Å²) in [7, 11) is 0. The summed E-state index contributed by atoms with van der Waals surface area (Å²) in [6.45, 7) is 0. The van der Waals surface area contributed by atoms with Gasteiger partial charge in [0, 0.05) is 17.8 Å². The molecule has 0 spiro atoms. The van der Waals surface area contributed by atoms with Gasteiger partial charge in [-0.05, 0) is 24.3 Å². The van der Waals surface area contributed by atoms with Crippen LogP contribution in [0.1, 0.15) is 5.56 Å². The summed E-state index contributed by atoms with van der Waals surface area (Å²) in [5.74, 6) is -2.00. The molecule has 0 aliphatic heterocycles. The van der Waals surface area contributed by atoms with Crippen molar-refractivity contribution in [3.05, 3.63) is 53.7 Å². The van der Waals surface area contributed by atoms with Crippen molar-refractivity contribution in [2.45, 2.75) is 6.18 Å². The first kappa shape index (κ1) is 12.5. The first-order valence-electron chi connectivity index (χ1n) is 4.86. The van der Waals surface area contributed by atoms with Gasteiger partial charge in [0.25, 0.3) is 0 Å². The maximum Gasteiger partial charge on any atom is 0.419 e. The predicted octanol–water partition coefficient (Wildman–Crippen LogP) is 4.05. The highest BCUT2D eigenvalue weighted by Gasteiger charge is 2.34. The highest BCUT2D eigenvalue weighted by molar-refractivity contribution is 5.60. The molecule has 1 aromatic heterocycles. The standard InChI is InChI=1S/C12H6F5N/c13-8-3-4-18-11(6-8)7-1-2-10(14)9(5-7)12(15,16)17/h1-6H. The molecule has 1 heterocycles. The number of rotatable bonds is 1. The van der Waals surface area contributed by atoms with E-state index in [0.717, 1.165) is 24.4 Å². The van der Waals surface area contributed by atoms with Gasteiger partial charge in [0.05, 0.1) is 11.3 Å². The van der Waals surface area contributed by atoms with Crippen LogP contribution in [-0.2, 0) is 6.18 Å². The number of nitrogens with zero attached hydrogens (tertiary/aromatic N) is 1. The number of aromatic nitrogens is 1. The molecule has 18 heavy (non-hydrogen) atoms. The van der Waals surface area contributed by atoms with E-state index >= 15 is 0 Å². The van der Waals surface area contributed by atoms with Gasteiger partial charge >= 0.3 is 6.18 Å². The molecule has 0 atom stereocenters. The Hall–Kier alpha value is -1.98. The van der Waals surface area contributed by atoms with Crippen LogP contribution in [-0.4, -0.2) is 4.98 Å². The topological polar surface area (TPSA) is 12.9 Å². The highest BCUT2D eigenvalue weighted by Crippen LogP contribution is 2.33. The zero-order valence-electron chi connectivity index (χ0n) is 8.80. The molecule has 0 bridgehead atoms. The summed E-state index contributed by atoms with van der Waals surface area (Å²) in [6, 6.07) is 4.46. The smallest absolute Gasteiger partial charge is 0.256 e. The largest absolute Gasteiger partial charge is 0.419 e. The Morgan fingerprint density at radius 2 is 1.67 bits per heavy atom. The van der Waals surface area contributed by atoms with Gasteiger partial charge in [0.1, 0.15) is 11.6 Å². The van der Waals surface area contributed by atoms with Crippen LogP contribution in [0.4, 0.5) is 22.0 Å². The molecular weight excluding hydrogens is 253 g/mol. The van der Waals surface area contributed by atoms with Gasteiger partial charge in [-0.15, -0.1) is 0 Å². The molecule has 6 heteroatoms. The third-order valence-corrected chi connectivity index (χ3v) is 2.29. The molecular formula is C12H6F5N. The van der Waals surface area contributed by atoms with E-state index in [1.54, 1.807) is 0 Å². The molecule has 0 amide bonds. The Balaban J connectivity index is 2.54. The fourth-order valence-corrected chi connectivity index (χ4v) is 1.46. The van der Waals surface area contributed by atoms with Gasteiger partial charge in [-0.25, -0.2) is 8.78 Å². The van der Waals surface area contributed by atoms with E-state index in [9.17, 15) is 22.0 Å². The average Bonchev–Trinajstić information content (AvgIpc) is 2.28. The van der Waals surface area contributed by atoms with Crippen molar-refractivity contribution >= 4 is 0 Å². The van der Waals surface area contributed by atoms with Crippen molar-refractivity contribution in [1.29, 1.82) is 0 Å². The highest BCUT2D eigenvalue weighted by atomic mass is 19.4. The molecule has 0 fully saturated rings. The number of alkyl halides is 3. The molecule has 1 nitrogen and oxygen atoms in total. The Bertz CT molecular complexity index is 577. The van der Waals surface area contributed by atoms with Gasteiger partial charge in [-0.1, -0.05) is 0 Å². The zero-order valence-corrected chi connectivity index (χ0v) is 8.80. The van der Waals surface area contributed by atoms with E-state index < -0.39 is 23.4 Å². The van der Waals surface area contributed by atoms with Crippen molar-refractivity contribution in [3.63, 3.8) is 0 Å². The van der Waals surface area contributed by atoms with Crippen molar-refractivity contribution < 1.29 is 22.0 Å². The van der Waals surface area contributed by atoms with Gasteiger partial charge in [-0.3, -0.25) is 4.98 Å². The average molecular weight is 259 g/mol. The first-order chi connectivity index (χ1) is 8.38. The van der Waals surface area contributed by atoms with E-state index in [2.05, 4.69) is 4.98 Å². The van der Waals surface area contributed by atoms with E-state index in [1.165, 1.54) is 0 Å². The summed E-state index contributed by atoms with van der Waals surface area (Å²) in [5.41, 5.74) is -1.38. The van der Waals surface area contributed by atoms with Gasteiger partial charge in [0.2, 0.25) is 0 Å². The molecule has 0 aliphatic rings. The molecule has 2 aromatic rings. The Kier molecular flexibility index (Phi) is 3.02. The molecule has 94 valence electrons. The summed E-state index contributed by atoms with van der Waals surface area (Å²) >= 11 is 0. The van der Waals surface area contributed by atoms with E-state index in [4.69, 9.17) is 0 Å². The number of benzene rings is 1. The fourth-order valence-electron chi connectivity index (χ4n) is 1.46. The second-order valence-electron chi connectivity index (χ2n) is 3.55. The first-order valence-corrected chi connectivity index (χ1v) is 4.86. The number of halogens is 5. The summed E-state index contributed by atoms with van der Waals surface area (Å²) in [4.78, 5) is 3.73. The van der Waals surface area contributed by atoms with Crippen molar-refractivity contribution in [2.75, 3.05) is 0 Å². The van der Waals surface area contributed by atoms with E-state index in [1.807, 2.05) is 0 Å². The van der Waals surface area contributed by atoms with Crippen LogP contribution in [0.2, 0.25) is 0 Å². The fraction of sp³-hybridized carbons (Fsp3) is 0.0833. The van der Waals surface area contributed by atoms with Crippen LogP contribution >= 0.6 is 0 Å². The SMILES string of the molecule is Fc1ccnc(-c2ccc(F)c(C(F)(F)F)c2)c1. The van der Waals surface area contributed by atoms with E-state index in [0.29, 0.717) is 12.1 Å². The van der Waals surface area contributed by atoms with Crippen molar-refractivity contribution in [3.8, 4) is 11.3 Å². The second kappa shape index (κ2) is 4.36. The Morgan fingerprint density at radius 1 is 0.944 bits per heavy atom. The predicted molar refractivity (Wildman–Crippen MR) is 54.6 cm³/mol. The number of hydrogen-bond acceptors (Lipinski definition) is 1. The van der Waals surface area contributed by atoms with Crippen LogP contribution in [0.15, 0.2) is 36.5 Å². The molecule has 2 rings (SSSR count). The third-order valence-electron chi connectivity index (χ3n) is 2.29. The van der Waals surface area contributed by atoms with Gasteiger partial charge in [-0.2, -0.15) is 13.2 Å². The van der Waals surface area contributed by atoms with E-state index in [-0.39, 0.29) is 11.3 Å². The lowest BCUT2D eigenvalue weighted by atomic mass is 10.1.